The standard InChI is InChI=1S/C25H25FN2O5S/c1-2-33-25(30)16-19-8-12-22(13-9-19)27-24(29)18-28(17-20-6-4-3-5-7-20)34(31,32)23-14-10-21(26)11-15-23/h3-15H,2,16-18H2,1H3,(H,27,29). The Bertz CT molecular complexity index is 1210. The molecule has 0 saturated heterocycles. The monoisotopic (exact) mass is 484 g/mol. The second-order valence-corrected chi connectivity index (χ2v) is 9.38. The number of halogens is 1. The number of esters is 1. The highest BCUT2D eigenvalue weighted by atomic mass is 32.2. The molecule has 0 aliphatic rings. The van der Waals surface area contributed by atoms with Crippen LogP contribution < -0.4 is 5.32 Å². The van der Waals surface area contributed by atoms with E-state index in [0.29, 0.717) is 17.9 Å². The lowest BCUT2D eigenvalue weighted by atomic mass is 10.1. The van der Waals surface area contributed by atoms with Gasteiger partial charge in [-0.15, -0.1) is 0 Å². The Morgan fingerprint density at radius 3 is 2.18 bits per heavy atom. The predicted molar refractivity (Wildman–Crippen MR) is 126 cm³/mol. The minimum atomic E-state index is -4.07. The Kier molecular flexibility index (Phi) is 8.50. The summed E-state index contributed by atoms with van der Waals surface area (Å²) < 4.78 is 45.7. The first-order valence-electron chi connectivity index (χ1n) is 10.6. The number of nitrogens with one attached hydrogen (secondary N) is 1. The average molecular weight is 485 g/mol. The smallest absolute Gasteiger partial charge is 0.310 e. The van der Waals surface area contributed by atoms with Crippen molar-refractivity contribution < 1.29 is 27.1 Å². The molecule has 0 aromatic heterocycles. The van der Waals surface area contributed by atoms with Gasteiger partial charge in [0.15, 0.2) is 0 Å². The van der Waals surface area contributed by atoms with Gasteiger partial charge in [-0.05, 0) is 54.4 Å². The summed E-state index contributed by atoms with van der Waals surface area (Å²) >= 11 is 0. The van der Waals surface area contributed by atoms with Gasteiger partial charge >= 0.3 is 5.97 Å². The number of hydrogen-bond donors (Lipinski definition) is 1. The minimum Gasteiger partial charge on any atom is -0.466 e. The van der Waals surface area contributed by atoms with Gasteiger partial charge in [0.2, 0.25) is 15.9 Å². The maximum Gasteiger partial charge on any atom is 0.310 e. The van der Waals surface area contributed by atoms with Crippen LogP contribution >= 0.6 is 0 Å². The molecule has 34 heavy (non-hydrogen) atoms. The number of nitrogens with zero attached hydrogens (tertiary/aromatic N) is 1. The first-order chi connectivity index (χ1) is 16.3. The van der Waals surface area contributed by atoms with Crippen LogP contribution in [0.1, 0.15) is 18.1 Å². The molecular formula is C25H25FN2O5S. The van der Waals surface area contributed by atoms with Crippen LogP contribution in [0.3, 0.4) is 0 Å². The van der Waals surface area contributed by atoms with E-state index in [0.717, 1.165) is 22.0 Å². The number of amides is 1. The van der Waals surface area contributed by atoms with Crippen molar-refractivity contribution in [1.29, 1.82) is 0 Å². The van der Waals surface area contributed by atoms with E-state index in [9.17, 15) is 22.4 Å². The number of hydrogen-bond acceptors (Lipinski definition) is 5. The number of sulfonamides is 1. The highest BCUT2D eigenvalue weighted by Gasteiger charge is 2.27. The molecule has 3 rings (SSSR count). The summed E-state index contributed by atoms with van der Waals surface area (Å²) in [7, 11) is -4.07. The van der Waals surface area contributed by atoms with Gasteiger partial charge in [0.25, 0.3) is 0 Å². The molecule has 0 atom stereocenters. The van der Waals surface area contributed by atoms with Crippen LogP contribution in [0, 0.1) is 5.82 Å². The molecule has 3 aromatic rings. The molecule has 0 unspecified atom stereocenters. The van der Waals surface area contributed by atoms with Crippen molar-refractivity contribution in [3.8, 4) is 0 Å². The van der Waals surface area contributed by atoms with Gasteiger partial charge in [-0.1, -0.05) is 42.5 Å². The van der Waals surface area contributed by atoms with Crippen LogP contribution in [0.2, 0.25) is 0 Å². The highest BCUT2D eigenvalue weighted by Crippen LogP contribution is 2.19. The Morgan fingerprint density at radius 1 is 0.912 bits per heavy atom. The first-order valence-corrected chi connectivity index (χ1v) is 12.1. The van der Waals surface area contributed by atoms with E-state index in [-0.39, 0.29) is 23.8 Å². The zero-order chi connectivity index (χ0) is 24.6. The minimum absolute atomic E-state index is 0.0353. The van der Waals surface area contributed by atoms with Gasteiger partial charge in [-0.2, -0.15) is 4.31 Å². The van der Waals surface area contributed by atoms with Crippen molar-refractivity contribution in [2.24, 2.45) is 0 Å². The Labute approximate surface area is 198 Å². The molecule has 0 aliphatic carbocycles. The quantitative estimate of drug-likeness (QED) is 0.443. The molecule has 9 heteroatoms. The summed E-state index contributed by atoms with van der Waals surface area (Å²) in [6.45, 7) is 1.55. The van der Waals surface area contributed by atoms with Gasteiger partial charge in [-0.3, -0.25) is 9.59 Å². The Morgan fingerprint density at radius 2 is 1.56 bits per heavy atom. The largest absolute Gasteiger partial charge is 0.466 e. The second kappa shape index (κ2) is 11.5. The molecule has 0 fully saturated rings. The van der Waals surface area contributed by atoms with E-state index in [1.807, 2.05) is 0 Å². The van der Waals surface area contributed by atoms with Gasteiger partial charge in [0.1, 0.15) is 5.82 Å². The fourth-order valence-electron chi connectivity index (χ4n) is 3.21. The fourth-order valence-corrected chi connectivity index (χ4v) is 4.60. The SMILES string of the molecule is CCOC(=O)Cc1ccc(NC(=O)CN(Cc2ccccc2)S(=O)(=O)c2ccc(F)cc2)cc1. The Hall–Kier alpha value is -3.56. The summed E-state index contributed by atoms with van der Waals surface area (Å²) in [5, 5.41) is 2.68. The topological polar surface area (TPSA) is 92.8 Å². The van der Waals surface area contributed by atoms with Crippen molar-refractivity contribution >= 4 is 27.6 Å². The summed E-state index contributed by atoms with van der Waals surface area (Å²) in [5.41, 5.74) is 1.88. The molecule has 0 spiro atoms. The lowest BCUT2D eigenvalue weighted by molar-refractivity contribution is -0.142. The molecule has 1 N–H and O–H groups in total. The van der Waals surface area contributed by atoms with E-state index in [1.165, 1.54) is 12.1 Å². The average Bonchev–Trinajstić information content (AvgIpc) is 2.81. The van der Waals surface area contributed by atoms with E-state index in [1.54, 1.807) is 61.5 Å². The molecule has 0 heterocycles. The van der Waals surface area contributed by atoms with E-state index < -0.39 is 28.3 Å². The third-order valence-electron chi connectivity index (χ3n) is 4.86. The van der Waals surface area contributed by atoms with Crippen LogP contribution in [-0.2, 0) is 37.3 Å². The predicted octanol–water partition coefficient (Wildman–Crippen LogP) is 3.76. The summed E-state index contributed by atoms with van der Waals surface area (Å²) in [4.78, 5) is 24.2. The van der Waals surface area contributed by atoms with Gasteiger partial charge in [0, 0.05) is 12.2 Å². The van der Waals surface area contributed by atoms with Gasteiger partial charge in [0.05, 0.1) is 24.5 Å². The van der Waals surface area contributed by atoms with Gasteiger partial charge in [-0.25, -0.2) is 12.8 Å². The zero-order valence-corrected chi connectivity index (χ0v) is 19.4. The first kappa shape index (κ1) is 25.1. The summed E-state index contributed by atoms with van der Waals surface area (Å²) in [6, 6.07) is 20.0. The number of carbonyl (C=O) groups excluding carboxylic acids is 2. The summed E-state index contributed by atoms with van der Waals surface area (Å²) in [5.74, 6) is -1.45. The molecule has 0 radical (unpaired) electrons. The number of carbonyl (C=O) groups is 2. The van der Waals surface area contributed by atoms with Crippen LogP contribution in [-0.4, -0.2) is 37.8 Å². The van der Waals surface area contributed by atoms with E-state index in [2.05, 4.69) is 5.32 Å². The van der Waals surface area contributed by atoms with E-state index in [4.69, 9.17) is 4.74 Å². The molecule has 0 aliphatic heterocycles. The lowest BCUT2D eigenvalue weighted by Gasteiger charge is -2.22. The van der Waals surface area contributed by atoms with Crippen molar-refractivity contribution in [2.45, 2.75) is 24.8 Å². The van der Waals surface area contributed by atoms with Crippen LogP contribution in [0.5, 0.6) is 0 Å². The third-order valence-corrected chi connectivity index (χ3v) is 6.67. The second-order valence-electron chi connectivity index (χ2n) is 7.44. The van der Waals surface area contributed by atoms with Crippen molar-refractivity contribution in [3.63, 3.8) is 0 Å². The number of rotatable bonds is 10. The van der Waals surface area contributed by atoms with Gasteiger partial charge < -0.3 is 10.1 Å². The number of benzene rings is 3. The van der Waals surface area contributed by atoms with Crippen molar-refractivity contribution in [3.05, 3.63) is 95.8 Å². The highest BCUT2D eigenvalue weighted by molar-refractivity contribution is 7.89. The molecule has 3 aromatic carbocycles. The Balaban J connectivity index is 1.74. The number of ether oxygens (including phenoxy) is 1. The van der Waals surface area contributed by atoms with Crippen LogP contribution in [0.25, 0.3) is 0 Å². The molecular weight excluding hydrogens is 459 g/mol. The van der Waals surface area contributed by atoms with Crippen LogP contribution in [0.15, 0.2) is 83.8 Å². The zero-order valence-electron chi connectivity index (χ0n) is 18.6. The third kappa shape index (κ3) is 6.97. The molecule has 7 nitrogen and oxygen atoms in total. The lowest BCUT2D eigenvalue weighted by Crippen LogP contribution is -2.37. The van der Waals surface area contributed by atoms with Crippen molar-refractivity contribution in [1.82, 2.24) is 4.31 Å². The van der Waals surface area contributed by atoms with E-state index >= 15 is 0 Å². The molecule has 178 valence electrons. The van der Waals surface area contributed by atoms with Crippen LogP contribution in [0.4, 0.5) is 10.1 Å². The number of anilines is 1. The fraction of sp³-hybridized carbons (Fsp3) is 0.200. The maximum atomic E-state index is 13.3. The molecule has 1 amide bonds. The molecule has 0 saturated carbocycles. The maximum absolute atomic E-state index is 13.3. The van der Waals surface area contributed by atoms with Crippen molar-refractivity contribution in [2.75, 3.05) is 18.5 Å². The molecule has 0 bridgehead atoms. The normalized spacial score (nSPS) is 11.3. The summed E-state index contributed by atoms with van der Waals surface area (Å²) in [6.07, 6.45) is 0.114.